The first-order chi connectivity index (χ1) is 16.8. The quantitative estimate of drug-likeness (QED) is 0.424. The number of carbonyl (C=O) groups excluding carboxylic acids is 2. The van der Waals surface area contributed by atoms with E-state index in [2.05, 4.69) is 0 Å². The Kier molecular flexibility index (Phi) is 5.59. The molecule has 0 aliphatic carbocycles. The van der Waals surface area contributed by atoms with Crippen molar-refractivity contribution in [2.24, 2.45) is 0 Å². The number of likely N-dealkylation sites (N-methyl/N-ethyl adjacent to an activating group) is 1. The minimum absolute atomic E-state index is 0.0426. The van der Waals surface area contributed by atoms with E-state index in [1.54, 1.807) is 28.5 Å². The highest BCUT2D eigenvalue weighted by atomic mass is 16.6. The maximum atomic E-state index is 13.3. The number of carbonyl (C=O) groups is 2. The van der Waals surface area contributed by atoms with Gasteiger partial charge in [0.1, 0.15) is 12.4 Å². The summed E-state index contributed by atoms with van der Waals surface area (Å²) in [7, 11) is 0. The third kappa shape index (κ3) is 3.58. The number of ether oxygens (including phenoxy) is 2. The van der Waals surface area contributed by atoms with E-state index in [1.165, 1.54) is 0 Å². The summed E-state index contributed by atoms with van der Waals surface area (Å²) < 4.78 is 12.4. The van der Waals surface area contributed by atoms with Crippen molar-refractivity contribution >= 4 is 22.8 Å². The van der Waals surface area contributed by atoms with Crippen LogP contribution in [-0.2, 0) is 33.1 Å². The van der Waals surface area contributed by atoms with Gasteiger partial charge in [0.25, 0.3) is 11.5 Å². The Hall–Kier alpha value is -3.72. The van der Waals surface area contributed by atoms with Crippen molar-refractivity contribution in [3.05, 3.63) is 57.4 Å². The molecular weight excluding hydrogens is 450 g/mol. The number of aromatic nitrogens is 2. The maximum Gasteiger partial charge on any atom is 0.343 e. The van der Waals surface area contributed by atoms with Gasteiger partial charge in [0.05, 0.1) is 29.0 Å². The number of rotatable bonds is 6. The van der Waals surface area contributed by atoms with E-state index in [-0.39, 0.29) is 31.1 Å². The number of amides is 1. The molecule has 2 aliphatic rings. The normalized spacial score (nSPS) is 18.0. The number of hydrogen-bond donors (Lipinski definition) is 1. The Bertz CT molecular complexity index is 1420. The summed E-state index contributed by atoms with van der Waals surface area (Å²) in [6.45, 7) is 6.92. The van der Waals surface area contributed by atoms with Crippen LogP contribution in [0, 0.1) is 0 Å². The van der Waals surface area contributed by atoms with Gasteiger partial charge in [-0.1, -0.05) is 6.92 Å². The number of nitrogens with zero attached hydrogens (tertiary/aromatic N) is 3. The Balaban J connectivity index is 1.51. The first-order valence-electron chi connectivity index (χ1n) is 11.8. The maximum absolute atomic E-state index is 13.3. The molecule has 1 N–H and O–H groups in total. The van der Waals surface area contributed by atoms with Crippen LogP contribution in [0.25, 0.3) is 22.3 Å². The van der Waals surface area contributed by atoms with Crippen molar-refractivity contribution in [2.75, 3.05) is 19.7 Å². The molecule has 3 aromatic rings. The van der Waals surface area contributed by atoms with Gasteiger partial charge in [-0.25, -0.2) is 9.78 Å². The fourth-order valence-corrected chi connectivity index (χ4v) is 4.87. The van der Waals surface area contributed by atoms with E-state index in [0.29, 0.717) is 53.4 Å². The van der Waals surface area contributed by atoms with Crippen LogP contribution in [0.15, 0.2) is 35.1 Å². The molecule has 9 nitrogen and oxygen atoms in total. The highest BCUT2D eigenvalue weighted by Crippen LogP contribution is 2.38. The molecule has 0 unspecified atom stereocenters. The number of benzene rings is 1. The van der Waals surface area contributed by atoms with Crippen molar-refractivity contribution in [1.82, 2.24) is 14.5 Å². The lowest BCUT2D eigenvalue weighted by Gasteiger charge is -2.31. The summed E-state index contributed by atoms with van der Waals surface area (Å²) in [6.07, 6.45) is 0.0965. The first kappa shape index (κ1) is 23.0. The Morgan fingerprint density at radius 1 is 1.20 bits per heavy atom. The summed E-state index contributed by atoms with van der Waals surface area (Å²) in [5.41, 5.74) is 1.20. The molecule has 5 rings (SSSR count). The van der Waals surface area contributed by atoms with Crippen molar-refractivity contribution in [2.45, 2.75) is 45.9 Å². The van der Waals surface area contributed by atoms with Crippen LogP contribution in [0.2, 0.25) is 0 Å². The molecule has 1 amide bonds. The molecule has 2 aliphatic heterocycles. The molecule has 1 aromatic carbocycles. The fraction of sp³-hybridized carbons (Fsp3) is 0.385. The van der Waals surface area contributed by atoms with Gasteiger partial charge in [0, 0.05) is 29.6 Å². The third-order valence-electron chi connectivity index (χ3n) is 6.96. The molecule has 2 aromatic heterocycles. The Morgan fingerprint density at radius 3 is 2.69 bits per heavy atom. The van der Waals surface area contributed by atoms with Crippen molar-refractivity contribution < 1.29 is 24.2 Å². The summed E-state index contributed by atoms with van der Waals surface area (Å²) in [4.78, 5) is 44.3. The van der Waals surface area contributed by atoms with Gasteiger partial charge in [-0.05, 0) is 50.6 Å². The molecular formula is C26H27N3O6. The lowest BCUT2D eigenvalue weighted by atomic mass is 9.86. The van der Waals surface area contributed by atoms with E-state index in [1.807, 2.05) is 32.0 Å². The minimum atomic E-state index is -1.85. The van der Waals surface area contributed by atoms with Crippen LogP contribution in [0.3, 0.4) is 0 Å². The summed E-state index contributed by atoms with van der Waals surface area (Å²) in [5, 5.41) is 11.8. The summed E-state index contributed by atoms with van der Waals surface area (Å²) in [6, 6.07) is 9.05. The van der Waals surface area contributed by atoms with Crippen LogP contribution in [-0.4, -0.2) is 51.1 Å². The van der Waals surface area contributed by atoms with Gasteiger partial charge in [0.2, 0.25) is 0 Å². The smallest absolute Gasteiger partial charge is 0.343 e. The van der Waals surface area contributed by atoms with Gasteiger partial charge in [-0.15, -0.1) is 0 Å². The zero-order valence-electron chi connectivity index (χ0n) is 20.0. The lowest BCUT2D eigenvalue weighted by molar-refractivity contribution is -0.172. The second-order valence-corrected chi connectivity index (χ2v) is 8.81. The largest absolute Gasteiger partial charge is 0.484 e. The van der Waals surface area contributed by atoms with Crippen molar-refractivity contribution in [3.63, 3.8) is 0 Å². The van der Waals surface area contributed by atoms with E-state index in [9.17, 15) is 19.5 Å². The molecule has 35 heavy (non-hydrogen) atoms. The number of hydrogen-bond acceptors (Lipinski definition) is 7. The highest BCUT2D eigenvalue weighted by Gasteiger charge is 2.45. The van der Waals surface area contributed by atoms with Gasteiger partial charge >= 0.3 is 5.97 Å². The molecule has 0 spiro atoms. The SMILES string of the molecule is CCN(CC)C(=O)COc1ccc2nc3c(cc2c1)Cn1c-3cc2c(c1=O)COC(=O)[C@]2(O)CC. The van der Waals surface area contributed by atoms with Gasteiger partial charge in [-0.2, -0.15) is 0 Å². The second-order valence-electron chi connectivity index (χ2n) is 8.81. The Morgan fingerprint density at radius 2 is 1.97 bits per heavy atom. The molecule has 0 radical (unpaired) electrons. The average molecular weight is 478 g/mol. The summed E-state index contributed by atoms with van der Waals surface area (Å²) >= 11 is 0. The van der Waals surface area contributed by atoms with Crippen molar-refractivity contribution in [1.29, 1.82) is 0 Å². The predicted octanol–water partition coefficient (Wildman–Crippen LogP) is 2.33. The van der Waals surface area contributed by atoms with E-state index in [0.717, 1.165) is 10.9 Å². The van der Waals surface area contributed by atoms with Gasteiger partial charge in [-0.3, -0.25) is 9.59 Å². The Labute approximate surface area is 201 Å². The monoisotopic (exact) mass is 477 g/mol. The zero-order valence-corrected chi connectivity index (χ0v) is 20.0. The van der Waals surface area contributed by atoms with Crippen LogP contribution in [0.5, 0.6) is 5.75 Å². The minimum Gasteiger partial charge on any atom is -0.484 e. The topological polar surface area (TPSA) is 111 Å². The van der Waals surface area contributed by atoms with E-state index < -0.39 is 11.6 Å². The lowest BCUT2D eigenvalue weighted by Crippen LogP contribution is -2.44. The number of pyridine rings is 2. The van der Waals surface area contributed by atoms with Gasteiger partial charge < -0.3 is 24.0 Å². The molecule has 9 heteroatoms. The number of esters is 1. The molecule has 0 bridgehead atoms. The third-order valence-corrected chi connectivity index (χ3v) is 6.96. The van der Waals surface area contributed by atoms with Crippen LogP contribution in [0.1, 0.15) is 43.9 Å². The predicted molar refractivity (Wildman–Crippen MR) is 128 cm³/mol. The summed E-state index contributed by atoms with van der Waals surface area (Å²) in [5.74, 6) is -0.254. The molecule has 0 fully saturated rings. The molecule has 0 saturated carbocycles. The number of aliphatic hydroxyl groups is 1. The molecule has 182 valence electrons. The van der Waals surface area contributed by atoms with Gasteiger partial charge in [0.15, 0.2) is 12.2 Å². The van der Waals surface area contributed by atoms with E-state index >= 15 is 0 Å². The van der Waals surface area contributed by atoms with Crippen LogP contribution in [0.4, 0.5) is 0 Å². The molecule has 1 atom stereocenters. The zero-order chi connectivity index (χ0) is 24.9. The molecule has 0 saturated heterocycles. The highest BCUT2D eigenvalue weighted by molar-refractivity contribution is 5.87. The standard InChI is InChI=1S/C26H27N3O6/c1-4-26(33)19-11-21-23-16(12-29(21)24(31)18(19)13-35-25(26)32)9-15-10-17(7-8-20(15)27-23)34-14-22(30)28(5-2)6-3/h7-11,33H,4-6,12-14H2,1-3H3/t26-/m0/s1. The fourth-order valence-electron chi connectivity index (χ4n) is 4.87. The molecule has 4 heterocycles. The first-order valence-corrected chi connectivity index (χ1v) is 11.8. The second kappa shape index (κ2) is 8.49. The van der Waals surface area contributed by atoms with E-state index in [4.69, 9.17) is 14.5 Å². The number of fused-ring (bicyclic) bond motifs is 5. The number of cyclic esters (lactones) is 1. The van der Waals surface area contributed by atoms with Crippen molar-refractivity contribution in [3.8, 4) is 17.1 Å². The van der Waals surface area contributed by atoms with Crippen LogP contribution >= 0.6 is 0 Å². The average Bonchev–Trinajstić information content (AvgIpc) is 3.22. The van der Waals surface area contributed by atoms with Crippen LogP contribution < -0.4 is 10.3 Å².